The molecular weight excluding hydrogens is 394 g/mol. The number of primary amides is 1. The molecule has 0 fully saturated rings. The van der Waals surface area contributed by atoms with Gasteiger partial charge in [-0.25, -0.2) is 0 Å². The van der Waals surface area contributed by atoms with Crippen LogP contribution in [0.2, 0.25) is 0 Å². The molecule has 0 saturated heterocycles. The van der Waals surface area contributed by atoms with Crippen molar-refractivity contribution in [2.75, 3.05) is 32.7 Å². The summed E-state index contributed by atoms with van der Waals surface area (Å²) in [5.74, 6) is -5.68. The van der Waals surface area contributed by atoms with E-state index in [4.69, 9.17) is 16.6 Å². The molecule has 0 unspecified atom stereocenters. The summed E-state index contributed by atoms with van der Waals surface area (Å²) >= 11 is 0. The number of nitrogens with two attached hydrogens (primary N) is 2. The highest BCUT2D eigenvalue weighted by atomic mass is 16.4. The van der Waals surface area contributed by atoms with Gasteiger partial charge in [0.1, 0.15) is 6.54 Å². The van der Waals surface area contributed by atoms with Crippen molar-refractivity contribution < 1.29 is 38.7 Å². The van der Waals surface area contributed by atoms with Gasteiger partial charge < -0.3 is 43.2 Å². The van der Waals surface area contributed by atoms with E-state index in [0.29, 0.717) is 0 Å². The molecule has 0 radical (unpaired) electrons. The summed E-state index contributed by atoms with van der Waals surface area (Å²) in [7, 11) is 0. The van der Waals surface area contributed by atoms with Gasteiger partial charge in [-0.3, -0.25) is 33.6 Å². The fourth-order valence-electron chi connectivity index (χ4n) is 1.57. The first-order valence-corrected chi connectivity index (χ1v) is 8.11. The zero-order valence-corrected chi connectivity index (χ0v) is 15.3. The quantitative estimate of drug-likeness (QED) is 0.142. The average Bonchev–Trinajstić information content (AvgIpc) is 2.64. The second-order valence-electron chi connectivity index (χ2n) is 5.50. The first kappa shape index (κ1) is 25.2. The highest BCUT2D eigenvalue weighted by Crippen LogP contribution is 1.86. The molecule has 0 bridgehead atoms. The SMILES string of the molecule is NC(=O)C[C@H](N)C(=O)NCC(=O)NCC(=O)NCC(=O)NCC(=O)NCC(=O)O. The number of hydrogen-bond acceptors (Lipinski definition) is 8. The van der Waals surface area contributed by atoms with Crippen LogP contribution in [0.1, 0.15) is 6.42 Å². The second kappa shape index (κ2) is 13.4. The number of carbonyl (C=O) groups excluding carboxylic acids is 6. The number of amides is 6. The first-order chi connectivity index (χ1) is 13.5. The Bertz CT molecular complexity index is 666. The molecule has 1 atom stereocenters. The number of carbonyl (C=O) groups is 7. The maximum atomic E-state index is 11.5. The Morgan fingerprint density at radius 2 is 1.00 bits per heavy atom. The van der Waals surface area contributed by atoms with Crippen LogP contribution in [0.5, 0.6) is 0 Å². The molecule has 0 aliphatic rings. The second-order valence-corrected chi connectivity index (χ2v) is 5.50. The van der Waals surface area contributed by atoms with Gasteiger partial charge in [0.2, 0.25) is 35.4 Å². The third kappa shape index (κ3) is 14.0. The lowest BCUT2D eigenvalue weighted by Crippen LogP contribution is -2.48. The van der Waals surface area contributed by atoms with Crippen molar-refractivity contribution in [3.63, 3.8) is 0 Å². The Morgan fingerprint density at radius 3 is 1.34 bits per heavy atom. The molecule has 0 aromatic rings. The third-order valence-electron chi connectivity index (χ3n) is 2.96. The molecule has 10 N–H and O–H groups in total. The monoisotopic (exact) mass is 417 g/mol. The van der Waals surface area contributed by atoms with E-state index in [1.165, 1.54) is 0 Å². The van der Waals surface area contributed by atoms with Gasteiger partial charge in [0.25, 0.3) is 0 Å². The highest BCUT2D eigenvalue weighted by molar-refractivity contribution is 5.92. The minimum atomic E-state index is -1.24. The number of carboxylic acids is 1. The van der Waals surface area contributed by atoms with Gasteiger partial charge in [0, 0.05) is 0 Å². The van der Waals surface area contributed by atoms with Crippen LogP contribution in [0.4, 0.5) is 0 Å². The number of nitrogens with one attached hydrogen (secondary N) is 5. The Labute approximate surface area is 164 Å². The third-order valence-corrected chi connectivity index (χ3v) is 2.96. The van der Waals surface area contributed by atoms with E-state index in [9.17, 15) is 33.6 Å². The lowest BCUT2D eigenvalue weighted by atomic mass is 10.2. The van der Waals surface area contributed by atoms with Gasteiger partial charge in [-0.2, -0.15) is 0 Å². The Hall–Kier alpha value is -3.75. The Balaban J connectivity index is 3.94. The van der Waals surface area contributed by atoms with Crippen LogP contribution in [0.15, 0.2) is 0 Å². The topological polar surface area (TPSA) is 252 Å². The van der Waals surface area contributed by atoms with Crippen LogP contribution in [-0.2, 0) is 33.6 Å². The number of aliphatic carboxylic acids is 1. The summed E-state index contributed by atoms with van der Waals surface area (Å²) in [6, 6.07) is -1.20. The molecule has 0 rings (SSSR count). The fraction of sp³-hybridized carbons (Fsp3) is 0.500. The van der Waals surface area contributed by atoms with Crippen molar-refractivity contribution in [2.45, 2.75) is 12.5 Å². The van der Waals surface area contributed by atoms with E-state index in [0.717, 1.165) is 0 Å². The van der Waals surface area contributed by atoms with Gasteiger partial charge in [-0.15, -0.1) is 0 Å². The van der Waals surface area contributed by atoms with Crippen molar-refractivity contribution in [1.82, 2.24) is 26.6 Å². The fourth-order valence-corrected chi connectivity index (χ4v) is 1.57. The molecule has 15 heteroatoms. The predicted molar refractivity (Wildman–Crippen MR) is 94.5 cm³/mol. The minimum Gasteiger partial charge on any atom is -0.480 e. The van der Waals surface area contributed by atoms with Crippen LogP contribution < -0.4 is 38.1 Å². The molecule has 0 saturated carbocycles. The van der Waals surface area contributed by atoms with Gasteiger partial charge in [-0.1, -0.05) is 0 Å². The summed E-state index contributed by atoms with van der Waals surface area (Å²) in [6.45, 7) is -2.54. The maximum absolute atomic E-state index is 11.5. The molecule has 162 valence electrons. The summed E-state index contributed by atoms with van der Waals surface area (Å²) in [5, 5.41) is 19.0. The number of hydrogen-bond donors (Lipinski definition) is 8. The molecule has 0 spiro atoms. The molecule has 29 heavy (non-hydrogen) atoms. The summed E-state index contributed by atoms with van der Waals surface area (Å²) in [6.07, 6.45) is -0.390. The minimum absolute atomic E-state index is 0.390. The zero-order valence-electron chi connectivity index (χ0n) is 15.3. The molecule has 0 aliphatic heterocycles. The van der Waals surface area contributed by atoms with Gasteiger partial charge in [0.05, 0.1) is 38.6 Å². The van der Waals surface area contributed by atoms with Crippen LogP contribution in [0, 0.1) is 0 Å². The zero-order chi connectivity index (χ0) is 22.4. The normalized spacial score (nSPS) is 10.8. The average molecular weight is 417 g/mol. The van der Waals surface area contributed by atoms with Crippen molar-refractivity contribution in [1.29, 1.82) is 0 Å². The van der Waals surface area contributed by atoms with E-state index in [-0.39, 0.29) is 6.42 Å². The van der Waals surface area contributed by atoms with Gasteiger partial charge in [-0.05, 0) is 0 Å². The smallest absolute Gasteiger partial charge is 0.322 e. The largest absolute Gasteiger partial charge is 0.480 e. The maximum Gasteiger partial charge on any atom is 0.322 e. The summed E-state index contributed by atoms with van der Waals surface area (Å²) in [4.78, 5) is 78.0. The number of rotatable bonds is 13. The predicted octanol–water partition coefficient (Wildman–Crippen LogP) is -6.15. The van der Waals surface area contributed by atoms with Crippen molar-refractivity contribution in [2.24, 2.45) is 11.5 Å². The molecular formula is C14H23N7O8. The van der Waals surface area contributed by atoms with Crippen LogP contribution in [0.25, 0.3) is 0 Å². The highest BCUT2D eigenvalue weighted by Gasteiger charge is 2.16. The Kier molecular flexibility index (Phi) is 11.7. The molecule has 6 amide bonds. The lowest BCUT2D eigenvalue weighted by Gasteiger charge is -2.11. The molecule has 0 aromatic heterocycles. The summed E-state index contributed by atoms with van der Waals surface area (Å²) < 4.78 is 0. The van der Waals surface area contributed by atoms with Crippen LogP contribution >= 0.6 is 0 Å². The van der Waals surface area contributed by atoms with E-state index in [1.54, 1.807) is 0 Å². The molecule has 15 nitrogen and oxygen atoms in total. The van der Waals surface area contributed by atoms with Gasteiger partial charge in [0.15, 0.2) is 0 Å². The molecule has 0 heterocycles. The van der Waals surface area contributed by atoms with Crippen molar-refractivity contribution in [3.05, 3.63) is 0 Å². The summed E-state index contributed by atoms with van der Waals surface area (Å²) in [5.41, 5.74) is 10.3. The van der Waals surface area contributed by atoms with Crippen LogP contribution in [-0.4, -0.2) is 85.3 Å². The van der Waals surface area contributed by atoms with Crippen molar-refractivity contribution >= 4 is 41.4 Å². The first-order valence-electron chi connectivity index (χ1n) is 8.11. The van der Waals surface area contributed by atoms with E-state index in [1.807, 2.05) is 5.32 Å². The molecule has 0 aromatic carbocycles. The van der Waals surface area contributed by atoms with E-state index < -0.39 is 80.2 Å². The Morgan fingerprint density at radius 1 is 0.655 bits per heavy atom. The van der Waals surface area contributed by atoms with Crippen molar-refractivity contribution in [3.8, 4) is 0 Å². The number of carboxylic acid groups (broad SMARTS) is 1. The van der Waals surface area contributed by atoms with E-state index >= 15 is 0 Å². The van der Waals surface area contributed by atoms with Crippen LogP contribution in [0.3, 0.4) is 0 Å². The van der Waals surface area contributed by atoms with E-state index in [2.05, 4.69) is 21.3 Å². The molecule has 0 aliphatic carbocycles. The van der Waals surface area contributed by atoms with Gasteiger partial charge >= 0.3 is 5.97 Å². The standard InChI is InChI=1S/C14H23N7O8/c15-7(1-8(16)22)14(29)21-5-12(26)19-3-10(24)17-2-9(23)18-4-11(25)20-6-13(27)28/h7H,1-6,15H2,(H2,16,22)(H,17,24)(H,18,23)(H,19,26)(H,20,25)(H,21,29)(H,27,28)/t7-/m0/s1. The lowest BCUT2D eigenvalue weighted by molar-refractivity contribution is -0.137.